The fourth-order valence-corrected chi connectivity index (χ4v) is 2.89. The SMILES string of the molecule is CC1=CC(C2CC2C)CC(C)C1C. The summed E-state index contributed by atoms with van der Waals surface area (Å²) in [5, 5.41) is 0. The fraction of sp³-hybridized carbons (Fsp3) is 0.846. The minimum absolute atomic E-state index is 0.824. The Morgan fingerprint density at radius 1 is 1.08 bits per heavy atom. The van der Waals surface area contributed by atoms with Gasteiger partial charge >= 0.3 is 0 Å². The minimum atomic E-state index is 0.824. The number of rotatable bonds is 1. The van der Waals surface area contributed by atoms with Crippen molar-refractivity contribution in [1.82, 2.24) is 0 Å². The van der Waals surface area contributed by atoms with Crippen LogP contribution in [0.15, 0.2) is 11.6 Å². The zero-order valence-corrected chi connectivity index (χ0v) is 9.38. The summed E-state index contributed by atoms with van der Waals surface area (Å²) in [4.78, 5) is 0. The number of hydrogen-bond donors (Lipinski definition) is 0. The molecule has 2 aliphatic carbocycles. The molecule has 0 bridgehead atoms. The van der Waals surface area contributed by atoms with Gasteiger partial charge in [0, 0.05) is 0 Å². The summed E-state index contributed by atoms with van der Waals surface area (Å²) in [5.74, 6) is 4.69. The van der Waals surface area contributed by atoms with Crippen LogP contribution in [0.2, 0.25) is 0 Å². The van der Waals surface area contributed by atoms with Crippen LogP contribution in [0.25, 0.3) is 0 Å². The van der Waals surface area contributed by atoms with Gasteiger partial charge in [0.2, 0.25) is 0 Å². The van der Waals surface area contributed by atoms with Gasteiger partial charge in [-0.3, -0.25) is 0 Å². The average molecular weight is 178 g/mol. The van der Waals surface area contributed by atoms with Crippen LogP contribution >= 0.6 is 0 Å². The van der Waals surface area contributed by atoms with Crippen LogP contribution < -0.4 is 0 Å². The molecule has 0 amide bonds. The molecule has 0 spiro atoms. The molecular formula is C13H22. The molecule has 2 rings (SSSR count). The van der Waals surface area contributed by atoms with Gasteiger partial charge in [-0.1, -0.05) is 32.4 Å². The average Bonchev–Trinajstić information content (AvgIpc) is 2.77. The van der Waals surface area contributed by atoms with Crippen molar-refractivity contribution >= 4 is 0 Å². The molecule has 74 valence electrons. The Morgan fingerprint density at radius 3 is 2.15 bits per heavy atom. The smallest absolute Gasteiger partial charge is 0.0197 e. The molecule has 0 radical (unpaired) electrons. The largest absolute Gasteiger partial charge is 0.0819 e. The van der Waals surface area contributed by atoms with Crippen LogP contribution in [0.1, 0.15) is 40.5 Å². The quantitative estimate of drug-likeness (QED) is 0.534. The Labute approximate surface area is 82.4 Å². The second-order valence-electron chi connectivity index (χ2n) is 5.45. The Morgan fingerprint density at radius 2 is 1.69 bits per heavy atom. The van der Waals surface area contributed by atoms with Crippen molar-refractivity contribution in [2.24, 2.45) is 29.6 Å². The third kappa shape index (κ3) is 1.68. The third-order valence-corrected chi connectivity index (χ3v) is 4.41. The normalized spacial score (nSPS) is 50.2. The molecule has 13 heavy (non-hydrogen) atoms. The lowest BCUT2D eigenvalue weighted by Gasteiger charge is -2.31. The van der Waals surface area contributed by atoms with Crippen molar-refractivity contribution in [1.29, 1.82) is 0 Å². The second-order valence-corrected chi connectivity index (χ2v) is 5.45. The van der Waals surface area contributed by atoms with E-state index in [-0.39, 0.29) is 0 Å². The number of hydrogen-bond acceptors (Lipinski definition) is 0. The molecule has 0 heterocycles. The molecule has 2 aliphatic rings. The van der Waals surface area contributed by atoms with Gasteiger partial charge in [-0.15, -0.1) is 0 Å². The van der Waals surface area contributed by atoms with Gasteiger partial charge < -0.3 is 0 Å². The molecule has 5 atom stereocenters. The first-order chi connectivity index (χ1) is 6.09. The van der Waals surface area contributed by atoms with E-state index in [0.717, 1.165) is 29.6 Å². The maximum absolute atomic E-state index is 2.57. The minimum Gasteiger partial charge on any atom is -0.0819 e. The molecule has 5 unspecified atom stereocenters. The topological polar surface area (TPSA) is 0 Å². The van der Waals surface area contributed by atoms with E-state index in [0.29, 0.717) is 0 Å². The van der Waals surface area contributed by atoms with E-state index >= 15 is 0 Å². The van der Waals surface area contributed by atoms with E-state index in [9.17, 15) is 0 Å². The van der Waals surface area contributed by atoms with Crippen molar-refractivity contribution in [2.75, 3.05) is 0 Å². The van der Waals surface area contributed by atoms with Gasteiger partial charge in [0.1, 0.15) is 0 Å². The first kappa shape index (κ1) is 9.30. The van der Waals surface area contributed by atoms with Crippen LogP contribution in [-0.4, -0.2) is 0 Å². The zero-order valence-electron chi connectivity index (χ0n) is 9.38. The third-order valence-electron chi connectivity index (χ3n) is 4.41. The number of allylic oxidation sites excluding steroid dienone is 2. The lowest BCUT2D eigenvalue weighted by atomic mass is 9.75. The molecule has 0 aromatic heterocycles. The Balaban J connectivity index is 2.07. The molecule has 0 heteroatoms. The molecule has 0 aromatic rings. The van der Waals surface area contributed by atoms with E-state index in [1.807, 2.05) is 0 Å². The second kappa shape index (κ2) is 3.15. The summed E-state index contributed by atoms with van der Waals surface area (Å²) in [6.45, 7) is 9.52. The van der Waals surface area contributed by atoms with Gasteiger partial charge in [0.25, 0.3) is 0 Å². The van der Waals surface area contributed by atoms with Crippen molar-refractivity contribution in [3.05, 3.63) is 11.6 Å². The zero-order chi connectivity index (χ0) is 9.59. The highest BCUT2D eigenvalue weighted by atomic mass is 14.5. The van der Waals surface area contributed by atoms with E-state index in [1.165, 1.54) is 12.8 Å². The van der Waals surface area contributed by atoms with E-state index < -0.39 is 0 Å². The lowest BCUT2D eigenvalue weighted by molar-refractivity contribution is 0.310. The summed E-state index contributed by atoms with van der Waals surface area (Å²) >= 11 is 0. The van der Waals surface area contributed by atoms with Crippen molar-refractivity contribution in [2.45, 2.75) is 40.5 Å². The first-order valence-corrected chi connectivity index (χ1v) is 5.78. The van der Waals surface area contributed by atoms with E-state index in [1.54, 1.807) is 5.57 Å². The lowest BCUT2D eigenvalue weighted by Crippen LogP contribution is -2.20. The molecule has 0 saturated heterocycles. The van der Waals surface area contributed by atoms with Gasteiger partial charge in [0.05, 0.1) is 0 Å². The Kier molecular flexibility index (Phi) is 2.25. The summed E-state index contributed by atoms with van der Waals surface area (Å²) in [6, 6.07) is 0. The van der Waals surface area contributed by atoms with Crippen LogP contribution in [-0.2, 0) is 0 Å². The summed E-state index contributed by atoms with van der Waals surface area (Å²) < 4.78 is 0. The molecule has 0 nitrogen and oxygen atoms in total. The summed E-state index contributed by atoms with van der Waals surface area (Å²) in [7, 11) is 0. The monoisotopic (exact) mass is 178 g/mol. The highest BCUT2D eigenvalue weighted by Crippen LogP contribution is 2.49. The molecule has 0 aromatic carbocycles. The predicted octanol–water partition coefficient (Wildman–Crippen LogP) is 3.88. The molecular weight excluding hydrogens is 156 g/mol. The van der Waals surface area contributed by atoms with E-state index in [2.05, 4.69) is 33.8 Å². The standard InChI is InChI=1S/C13H22/c1-8-5-12(13-7-10(13)3)6-9(2)11(8)4/h5,9-13H,6-7H2,1-4H3. The van der Waals surface area contributed by atoms with Gasteiger partial charge in [-0.25, -0.2) is 0 Å². The van der Waals surface area contributed by atoms with Gasteiger partial charge in [-0.05, 0) is 49.4 Å². The van der Waals surface area contributed by atoms with Crippen LogP contribution in [0.4, 0.5) is 0 Å². The highest BCUT2D eigenvalue weighted by molar-refractivity contribution is 5.13. The first-order valence-electron chi connectivity index (χ1n) is 5.78. The Hall–Kier alpha value is -0.260. The van der Waals surface area contributed by atoms with Crippen LogP contribution in [0.3, 0.4) is 0 Å². The highest BCUT2D eigenvalue weighted by Gasteiger charge is 2.40. The predicted molar refractivity (Wildman–Crippen MR) is 57.5 cm³/mol. The summed E-state index contributed by atoms with van der Waals surface area (Å²) in [6.07, 6.45) is 5.49. The maximum Gasteiger partial charge on any atom is -0.0197 e. The maximum atomic E-state index is 2.57. The Bertz CT molecular complexity index is 226. The molecule has 1 fully saturated rings. The van der Waals surface area contributed by atoms with E-state index in [4.69, 9.17) is 0 Å². The van der Waals surface area contributed by atoms with Crippen LogP contribution in [0.5, 0.6) is 0 Å². The summed E-state index contributed by atoms with van der Waals surface area (Å²) in [5.41, 5.74) is 1.64. The fourth-order valence-electron chi connectivity index (χ4n) is 2.89. The van der Waals surface area contributed by atoms with Crippen LogP contribution in [0, 0.1) is 29.6 Å². The molecule has 0 N–H and O–H groups in total. The molecule has 1 saturated carbocycles. The van der Waals surface area contributed by atoms with Crippen molar-refractivity contribution in [3.63, 3.8) is 0 Å². The van der Waals surface area contributed by atoms with Gasteiger partial charge in [-0.2, -0.15) is 0 Å². The van der Waals surface area contributed by atoms with Crippen molar-refractivity contribution < 1.29 is 0 Å². The van der Waals surface area contributed by atoms with Gasteiger partial charge in [0.15, 0.2) is 0 Å². The molecule has 0 aliphatic heterocycles. The van der Waals surface area contributed by atoms with Crippen molar-refractivity contribution in [3.8, 4) is 0 Å².